The average molecular weight is 550 g/mol. The predicted octanol–water partition coefficient (Wildman–Crippen LogP) is 5.09. The van der Waals surface area contributed by atoms with Crippen molar-refractivity contribution in [1.82, 2.24) is 9.62 Å². The number of benzene rings is 3. The van der Waals surface area contributed by atoms with E-state index >= 15 is 0 Å². The van der Waals surface area contributed by atoms with Crippen molar-refractivity contribution in [3.8, 4) is 11.1 Å². The number of carbonyl (C=O) groups is 2. The first-order valence-corrected chi connectivity index (χ1v) is 13.9. The standard InChI is InChI=1S/C30H34N2O6S/c1-30(2,3)38-28(33)19-32(39(35)36)27(21-11-5-4-6-12-21)17-18-31-29(34)37-20-26-24-15-9-7-13-22(24)23-14-8-10-16-25(23)26/h4-16,26-27H,17-20H2,1-3H3,(H,31,34)(H,35,36)/p-1. The number of carbonyl (C=O) groups excluding carboxylic acids is 2. The number of nitrogens with one attached hydrogen (secondary N) is 1. The maximum atomic E-state index is 12.6. The molecule has 3 aromatic rings. The lowest BCUT2D eigenvalue weighted by Gasteiger charge is -2.33. The Morgan fingerprint density at radius 2 is 1.51 bits per heavy atom. The molecule has 0 aromatic heterocycles. The quantitative estimate of drug-likeness (QED) is 0.279. The topological polar surface area (TPSA) is 108 Å². The van der Waals surface area contributed by atoms with E-state index in [9.17, 15) is 18.4 Å². The van der Waals surface area contributed by atoms with Crippen LogP contribution in [0.5, 0.6) is 0 Å². The molecule has 0 spiro atoms. The zero-order valence-electron chi connectivity index (χ0n) is 22.3. The van der Waals surface area contributed by atoms with Gasteiger partial charge >= 0.3 is 12.1 Å². The van der Waals surface area contributed by atoms with Crippen LogP contribution in [0.1, 0.15) is 55.8 Å². The number of ether oxygens (including phenoxy) is 2. The highest BCUT2D eigenvalue weighted by Crippen LogP contribution is 2.44. The third-order valence-corrected chi connectivity index (χ3v) is 7.23. The van der Waals surface area contributed by atoms with Crippen molar-refractivity contribution in [3.05, 3.63) is 95.6 Å². The molecule has 0 saturated carbocycles. The molecule has 0 fully saturated rings. The summed E-state index contributed by atoms with van der Waals surface area (Å²) in [6, 6.07) is 24.5. The molecular weight excluding hydrogens is 516 g/mol. The molecule has 2 atom stereocenters. The van der Waals surface area contributed by atoms with E-state index in [0.717, 1.165) is 26.6 Å². The lowest BCUT2D eigenvalue weighted by atomic mass is 9.98. The van der Waals surface area contributed by atoms with Crippen LogP contribution >= 0.6 is 0 Å². The summed E-state index contributed by atoms with van der Waals surface area (Å²) in [4.78, 5) is 25.1. The van der Waals surface area contributed by atoms with Crippen LogP contribution in [-0.2, 0) is 25.5 Å². The largest absolute Gasteiger partial charge is 0.760 e. The van der Waals surface area contributed by atoms with Gasteiger partial charge in [-0.1, -0.05) is 78.9 Å². The Balaban J connectivity index is 1.39. The first-order valence-electron chi connectivity index (χ1n) is 12.9. The number of fused-ring (bicyclic) bond motifs is 3. The fourth-order valence-corrected chi connectivity index (χ4v) is 5.53. The maximum Gasteiger partial charge on any atom is 0.407 e. The SMILES string of the molecule is CC(C)(C)OC(=O)CN(C(CCNC(=O)OCC1c2ccccc2-c2ccccc21)c1ccccc1)S(=O)[O-]. The fourth-order valence-electron chi connectivity index (χ4n) is 4.88. The molecule has 1 N–H and O–H groups in total. The Bertz CT molecular complexity index is 1280. The molecule has 0 radical (unpaired) electrons. The molecule has 1 aliphatic rings. The second-order valence-corrected chi connectivity index (χ2v) is 11.2. The number of amides is 1. The van der Waals surface area contributed by atoms with Crippen LogP contribution in [0.2, 0.25) is 0 Å². The third kappa shape index (κ3) is 7.32. The zero-order valence-corrected chi connectivity index (χ0v) is 23.1. The van der Waals surface area contributed by atoms with Gasteiger partial charge in [-0.05, 0) is 55.0 Å². The van der Waals surface area contributed by atoms with Gasteiger partial charge in [0.2, 0.25) is 0 Å². The molecule has 9 heteroatoms. The molecule has 0 aliphatic heterocycles. The minimum absolute atomic E-state index is 0.0626. The summed E-state index contributed by atoms with van der Waals surface area (Å²) in [5.41, 5.74) is 4.46. The minimum Gasteiger partial charge on any atom is -0.760 e. The molecule has 2 unspecified atom stereocenters. The smallest absolute Gasteiger partial charge is 0.407 e. The van der Waals surface area contributed by atoms with Gasteiger partial charge in [0.1, 0.15) is 18.8 Å². The van der Waals surface area contributed by atoms with Crippen LogP contribution in [0.25, 0.3) is 11.1 Å². The molecule has 0 heterocycles. The summed E-state index contributed by atoms with van der Waals surface area (Å²) < 4.78 is 36.3. The highest BCUT2D eigenvalue weighted by molar-refractivity contribution is 7.76. The van der Waals surface area contributed by atoms with Crippen LogP contribution in [-0.4, -0.2) is 50.4 Å². The van der Waals surface area contributed by atoms with Crippen LogP contribution in [0, 0.1) is 0 Å². The van der Waals surface area contributed by atoms with Gasteiger partial charge in [0.05, 0.1) is 0 Å². The molecule has 1 aliphatic carbocycles. The van der Waals surface area contributed by atoms with E-state index in [0.29, 0.717) is 5.56 Å². The van der Waals surface area contributed by atoms with Crippen molar-refractivity contribution in [2.24, 2.45) is 0 Å². The van der Waals surface area contributed by atoms with Gasteiger partial charge in [0, 0.05) is 29.8 Å². The fraction of sp³-hybridized carbons (Fsp3) is 0.333. The normalized spacial score (nSPS) is 14.3. The average Bonchev–Trinajstić information content (AvgIpc) is 3.22. The molecular formula is C30H33N2O6S-. The monoisotopic (exact) mass is 549 g/mol. The number of hydrogen-bond donors (Lipinski definition) is 1. The van der Waals surface area contributed by atoms with Gasteiger partial charge in [-0.15, -0.1) is 0 Å². The molecule has 0 bridgehead atoms. The van der Waals surface area contributed by atoms with Gasteiger partial charge in [0.25, 0.3) is 0 Å². The van der Waals surface area contributed by atoms with Crippen LogP contribution in [0.4, 0.5) is 4.79 Å². The first-order chi connectivity index (χ1) is 18.6. The highest BCUT2D eigenvalue weighted by Gasteiger charge is 2.30. The second-order valence-electron chi connectivity index (χ2n) is 10.3. The van der Waals surface area contributed by atoms with Crippen LogP contribution in [0.15, 0.2) is 78.9 Å². The highest BCUT2D eigenvalue weighted by atomic mass is 32.2. The van der Waals surface area contributed by atoms with Crippen molar-refractivity contribution < 1.29 is 27.8 Å². The van der Waals surface area contributed by atoms with Gasteiger partial charge in [-0.25, -0.2) is 9.10 Å². The summed E-state index contributed by atoms with van der Waals surface area (Å²) in [7, 11) is 0. The van der Waals surface area contributed by atoms with Crippen molar-refractivity contribution in [1.29, 1.82) is 0 Å². The molecule has 3 aromatic carbocycles. The number of alkyl carbamates (subject to hydrolysis) is 1. The predicted molar refractivity (Wildman–Crippen MR) is 148 cm³/mol. The Morgan fingerprint density at radius 1 is 0.949 bits per heavy atom. The van der Waals surface area contributed by atoms with E-state index in [4.69, 9.17) is 9.47 Å². The summed E-state index contributed by atoms with van der Waals surface area (Å²) in [5.74, 6) is -0.718. The molecule has 1 amide bonds. The third-order valence-electron chi connectivity index (χ3n) is 6.46. The van der Waals surface area contributed by atoms with Crippen molar-refractivity contribution in [2.45, 2.75) is 44.8 Å². The van der Waals surface area contributed by atoms with E-state index in [1.165, 1.54) is 0 Å². The van der Waals surface area contributed by atoms with Gasteiger partial charge in [0.15, 0.2) is 0 Å². The molecule has 39 heavy (non-hydrogen) atoms. The van der Waals surface area contributed by atoms with E-state index < -0.39 is 41.5 Å². The molecule has 4 rings (SSSR count). The zero-order chi connectivity index (χ0) is 28.0. The number of esters is 1. The summed E-state index contributed by atoms with van der Waals surface area (Å²) >= 11 is -2.71. The van der Waals surface area contributed by atoms with E-state index in [-0.39, 0.29) is 25.5 Å². The van der Waals surface area contributed by atoms with Crippen molar-refractivity contribution >= 4 is 23.3 Å². The Morgan fingerprint density at radius 3 is 2.08 bits per heavy atom. The van der Waals surface area contributed by atoms with E-state index in [1.807, 2.05) is 42.5 Å². The lowest BCUT2D eigenvalue weighted by molar-refractivity contribution is -0.155. The lowest BCUT2D eigenvalue weighted by Crippen LogP contribution is -2.39. The van der Waals surface area contributed by atoms with Gasteiger partial charge in [-0.3, -0.25) is 9.00 Å². The molecule has 206 valence electrons. The van der Waals surface area contributed by atoms with Gasteiger partial charge < -0.3 is 19.3 Å². The minimum atomic E-state index is -2.71. The summed E-state index contributed by atoms with van der Waals surface area (Å²) in [5, 5.41) is 2.74. The number of nitrogens with zero attached hydrogens (tertiary/aromatic N) is 1. The second kappa shape index (κ2) is 12.5. The van der Waals surface area contributed by atoms with Crippen molar-refractivity contribution in [2.75, 3.05) is 19.7 Å². The van der Waals surface area contributed by atoms with Crippen LogP contribution in [0.3, 0.4) is 0 Å². The van der Waals surface area contributed by atoms with E-state index in [1.54, 1.807) is 45.0 Å². The first kappa shape index (κ1) is 28.5. The molecule has 8 nitrogen and oxygen atoms in total. The van der Waals surface area contributed by atoms with E-state index in [2.05, 4.69) is 17.4 Å². The van der Waals surface area contributed by atoms with Crippen LogP contribution < -0.4 is 5.32 Å². The number of hydrogen-bond acceptors (Lipinski definition) is 6. The Hall–Kier alpha value is -3.53. The molecule has 0 saturated heterocycles. The summed E-state index contributed by atoms with van der Waals surface area (Å²) in [6.45, 7) is 5.02. The maximum absolute atomic E-state index is 12.6. The Labute approximate surface area is 231 Å². The van der Waals surface area contributed by atoms with Crippen molar-refractivity contribution in [3.63, 3.8) is 0 Å². The van der Waals surface area contributed by atoms with Gasteiger partial charge in [-0.2, -0.15) is 0 Å². The number of rotatable bonds is 10. The summed E-state index contributed by atoms with van der Waals surface area (Å²) in [6.07, 6.45) is -0.365. The Kier molecular flexibility index (Phi) is 9.16.